The van der Waals surface area contributed by atoms with Crippen LogP contribution < -0.4 is 5.56 Å². The molecule has 0 saturated carbocycles. The number of benzene rings is 1. The quantitative estimate of drug-likeness (QED) is 0.657. The molecule has 5 rings (SSSR count). The molecule has 2 atom stereocenters. The Labute approximate surface area is 181 Å². The number of aryl methyl sites for hydroxylation is 1. The molecule has 4 heterocycles. The minimum Gasteiger partial charge on any atom is -0.376 e. The van der Waals surface area contributed by atoms with E-state index in [2.05, 4.69) is 44.5 Å². The number of tetrazole rings is 1. The van der Waals surface area contributed by atoms with Crippen molar-refractivity contribution in [2.75, 3.05) is 19.7 Å². The second kappa shape index (κ2) is 8.88. The third-order valence-corrected chi connectivity index (χ3v) is 6.60. The van der Waals surface area contributed by atoms with Crippen molar-refractivity contribution in [1.29, 1.82) is 0 Å². The second-order valence-electron chi connectivity index (χ2n) is 8.68. The smallest absolute Gasteiger partial charge is 0.253 e. The molecule has 2 aliphatic rings. The summed E-state index contributed by atoms with van der Waals surface area (Å²) in [5.74, 6) is 0.730. The summed E-state index contributed by atoms with van der Waals surface area (Å²) in [6, 6.07) is 8.00. The van der Waals surface area contributed by atoms with Gasteiger partial charge in [-0.15, -0.1) is 5.10 Å². The summed E-state index contributed by atoms with van der Waals surface area (Å²) >= 11 is 0. The van der Waals surface area contributed by atoms with E-state index in [1.807, 2.05) is 16.8 Å². The number of piperidine rings is 1. The summed E-state index contributed by atoms with van der Waals surface area (Å²) in [5, 5.41) is 13.7. The summed E-state index contributed by atoms with van der Waals surface area (Å²) < 4.78 is 7.67. The Morgan fingerprint density at radius 3 is 2.84 bits per heavy atom. The van der Waals surface area contributed by atoms with Crippen LogP contribution in [0.2, 0.25) is 0 Å². The zero-order valence-electron chi connectivity index (χ0n) is 18.1. The molecule has 8 nitrogen and oxygen atoms in total. The Morgan fingerprint density at radius 2 is 2.06 bits per heavy atom. The van der Waals surface area contributed by atoms with Gasteiger partial charge in [0, 0.05) is 17.7 Å². The molecule has 31 heavy (non-hydrogen) atoms. The highest BCUT2D eigenvalue weighted by molar-refractivity contribution is 5.80. The zero-order valence-corrected chi connectivity index (χ0v) is 18.1. The van der Waals surface area contributed by atoms with E-state index in [-0.39, 0.29) is 17.7 Å². The molecule has 0 radical (unpaired) electrons. The SMILES string of the molecule is CCc1ccc2[nH]c(=O)c([C@@H](c3nnnn3C[C@H]3CCCO3)N3CCCCC3)cc2c1. The minimum atomic E-state index is -0.268. The second-order valence-corrected chi connectivity index (χ2v) is 8.68. The number of ether oxygens (including phenoxy) is 1. The van der Waals surface area contributed by atoms with Crippen molar-refractivity contribution in [2.45, 2.75) is 64.1 Å². The molecule has 2 aromatic heterocycles. The molecule has 3 aromatic rings. The highest BCUT2D eigenvalue weighted by atomic mass is 16.5. The van der Waals surface area contributed by atoms with Crippen LogP contribution in [0.3, 0.4) is 0 Å². The number of fused-ring (bicyclic) bond motifs is 1. The molecule has 2 aliphatic heterocycles. The largest absolute Gasteiger partial charge is 0.376 e. The van der Waals surface area contributed by atoms with Gasteiger partial charge in [0.05, 0.1) is 12.6 Å². The summed E-state index contributed by atoms with van der Waals surface area (Å²) in [5.41, 5.74) is 2.76. The van der Waals surface area contributed by atoms with Crippen molar-refractivity contribution in [2.24, 2.45) is 0 Å². The molecule has 164 valence electrons. The highest BCUT2D eigenvalue weighted by Crippen LogP contribution is 2.30. The van der Waals surface area contributed by atoms with Gasteiger partial charge in [0.1, 0.15) is 6.04 Å². The molecule has 0 aliphatic carbocycles. The summed E-state index contributed by atoms with van der Waals surface area (Å²) in [6.45, 7) is 5.43. The van der Waals surface area contributed by atoms with Gasteiger partial charge in [-0.2, -0.15) is 0 Å². The van der Waals surface area contributed by atoms with E-state index in [1.54, 1.807) is 0 Å². The van der Waals surface area contributed by atoms with E-state index in [0.717, 1.165) is 68.5 Å². The van der Waals surface area contributed by atoms with Gasteiger partial charge in [-0.3, -0.25) is 9.69 Å². The van der Waals surface area contributed by atoms with Gasteiger partial charge in [-0.1, -0.05) is 19.4 Å². The molecule has 1 aromatic carbocycles. The number of nitrogens with one attached hydrogen (secondary N) is 1. The molecular weight excluding hydrogens is 392 g/mol. The van der Waals surface area contributed by atoms with Crippen molar-refractivity contribution in [3.63, 3.8) is 0 Å². The van der Waals surface area contributed by atoms with Crippen LogP contribution in [0.15, 0.2) is 29.1 Å². The predicted molar refractivity (Wildman–Crippen MR) is 118 cm³/mol. The van der Waals surface area contributed by atoms with Crippen molar-refractivity contribution >= 4 is 10.9 Å². The van der Waals surface area contributed by atoms with Crippen LogP contribution in [-0.2, 0) is 17.7 Å². The number of nitrogens with zero attached hydrogens (tertiary/aromatic N) is 5. The van der Waals surface area contributed by atoms with Crippen molar-refractivity contribution in [3.8, 4) is 0 Å². The fraction of sp³-hybridized carbons (Fsp3) is 0.565. The fourth-order valence-electron chi connectivity index (χ4n) is 4.89. The Kier molecular flexibility index (Phi) is 5.82. The molecule has 0 amide bonds. The Morgan fingerprint density at radius 1 is 1.19 bits per heavy atom. The number of hydrogen-bond acceptors (Lipinski definition) is 6. The summed E-state index contributed by atoms with van der Waals surface area (Å²) in [7, 11) is 0. The van der Waals surface area contributed by atoms with E-state index in [9.17, 15) is 4.79 Å². The lowest BCUT2D eigenvalue weighted by atomic mass is 9.99. The van der Waals surface area contributed by atoms with E-state index >= 15 is 0 Å². The number of aromatic amines is 1. The number of pyridine rings is 1. The van der Waals surface area contributed by atoms with Crippen LogP contribution in [0.1, 0.15) is 62.0 Å². The maximum absolute atomic E-state index is 13.2. The van der Waals surface area contributed by atoms with Crippen LogP contribution in [0.4, 0.5) is 0 Å². The van der Waals surface area contributed by atoms with E-state index < -0.39 is 0 Å². The molecule has 0 spiro atoms. The predicted octanol–water partition coefficient (Wildman–Crippen LogP) is 2.83. The molecule has 2 saturated heterocycles. The van der Waals surface area contributed by atoms with E-state index in [1.165, 1.54) is 12.0 Å². The lowest BCUT2D eigenvalue weighted by molar-refractivity contribution is 0.0902. The lowest BCUT2D eigenvalue weighted by Gasteiger charge is -2.33. The molecule has 1 N–H and O–H groups in total. The third kappa shape index (κ3) is 4.14. The maximum atomic E-state index is 13.2. The molecule has 0 unspecified atom stereocenters. The lowest BCUT2D eigenvalue weighted by Crippen LogP contribution is -2.39. The first-order valence-electron chi connectivity index (χ1n) is 11.5. The van der Waals surface area contributed by atoms with Gasteiger partial charge in [0.15, 0.2) is 5.82 Å². The standard InChI is InChI=1S/C23H30N6O2/c1-2-16-8-9-20-17(13-16)14-19(23(30)24-20)21(28-10-4-3-5-11-28)22-25-26-27-29(22)15-18-7-6-12-31-18/h8-9,13-14,18,21H,2-7,10-12,15H2,1H3,(H,24,30)/t18-,21+/m1/s1. The third-order valence-electron chi connectivity index (χ3n) is 6.60. The van der Waals surface area contributed by atoms with Crippen LogP contribution in [0, 0.1) is 0 Å². The molecular formula is C23H30N6O2. The number of rotatable bonds is 6. The van der Waals surface area contributed by atoms with Gasteiger partial charge in [0.2, 0.25) is 0 Å². The van der Waals surface area contributed by atoms with Gasteiger partial charge in [0.25, 0.3) is 5.56 Å². The van der Waals surface area contributed by atoms with Gasteiger partial charge >= 0.3 is 0 Å². The zero-order chi connectivity index (χ0) is 21.2. The average Bonchev–Trinajstić information content (AvgIpc) is 3.48. The number of hydrogen-bond donors (Lipinski definition) is 1. The first-order chi connectivity index (χ1) is 15.2. The number of likely N-dealkylation sites (tertiary alicyclic amines) is 1. The van der Waals surface area contributed by atoms with Crippen molar-refractivity contribution < 1.29 is 4.74 Å². The van der Waals surface area contributed by atoms with Gasteiger partial charge in [-0.05, 0) is 84.8 Å². The minimum absolute atomic E-state index is 0.0704. The van der Waals surface area contributed by atoms with Gasteiger partial charge < -0.3 is 9.72 Å². The average molecular weight is 423 g/mol. The van der Waals surface area contributed by atoms with Crippen LogP contribution in [-0.4, -0.2) is 55.9 Å². The van der Waals surface area contributed by atoms with E-state index in [0.29, 0.717) is 12.1 Å². The summed E-state index contributed by atoms with van der Waals surface area (Å²) in [4.78, 5) is 18.7. The Hall–Kier alpha value is -2.58. The van der Waals surface area contributed by atoms with Crippen LogP contribution in [0.25, 0.3) is 10.9 Å². The normalized spacial score (nSPS) is 21.0. The first-order valence-corrected chi connectivity index (χ1v) is 11.5. The van der Waals surface area contributed by atoms with Crippen LogP contribution >= 0.6 is 0 Å². The Bertz CT molecular complexity index is 1090. The monoisotopic (exact) mass is 422 g/mol. The fourth-order valence-corrected chi connectivity index (χ4v) is 4.89. The number of H-pyrrole nitrogens is 1. The molecule has 2 fully saturated rings. The van der Waals surface area contributed by atoms with Crippen molar-refractivity contribution in [1.82, 2.24) is 30.1 Å². The van der Waals surface area contributed by atoms with E-state index in [4.69, 9.17) is 4.74 Å². The van der Waals surface area contributed by atoms with Crippen molar-refractivity contribution in [3.05, 3.63) is 51.6 Å². The molecule has 0 bridgehead atoms. The maximum Gasteiger partial charge on any atom is 0.253 e. The van der Waals surface area contributed by atoms with Gasteiger partial charge in [-0.25, -0.2) is 4.68 Å². The highest BCUT2D eigenvalue weighted by Gasteiger charge is 2.32. The summed E-state index contributed by atoms with van der Waals surface area (Å²) in [6.07, 6.45) is 6.64. The molecule has 8 heteroatoms. The van der Waals surface area contributed by atoms with Crippen LogP contribution in [0.5, 0.6) is 0 Å². The topological polar surface area (TPSA) is 88.9 Å². The number of aromatic nitrogens is 5. The first kappa shape index (κ1) is 20.3. The Balaban J connectivity index is 1.59.